The third-order valence-corrected chi connectivity index (χ3v) is 3.57. The zero-order valence-electron chi connectivity index (χ0n) is 9.57. The first kappa shape index (κ1) is 10.6. The molecule has 0 aromatic carbocycles. The van der Waals surface area contributed by atoms with Gasteiger partial charge in [-0.15, -0.1) is 0 Å². The van der Waals surface area contributed by atoms with Gasteiger partial charge in [-0.05, 0) is 45.2 Å². The first-order chi connectivity index (χ1) is 7.20. The largest absolute Gasteiger partial charge is 0.298 e. The van der Waals surface area contributed by atoms with Gasteiger partial charge in [0.05, 0.1) is 6.04 Å². The van der Waals surface area contributed by atoms with Crippen LogP contribution in [0.5, 0.6) is 0 Å². The van der Waals surface area contributed by atoms with Crippen LogP contribution in [0.25, 0.3) is 0 Å². The first-order valence-corrected chi connectivity index (χ1v) is 5.79. The van der Waals surface area contributed by atoms with Crippen molar-refractivity contribution in [2.75, 3.05) is 7.05 Å². The van der Waals surface area contributed by atoms with Crippen LogP contribution in [-0.2, 0) is 4.79 Å². The van der Waals surface area contributed by atoms with Gasteiger partial charge in [0.2, 0.25) is 0 Å². The van der Waals surface area contributed by atoms with Crippen LogP contribution in [0, 0.1) is 0 Å². The number of carbonyl (C=O) groups is 1. The third kappa shape index (κ3) is 2.05. The molecule has 0 bridgehead atoms. The van der Waals surface area contributed by atoms with Crippen molar-refractivity contribution in [3.63, 3.8) is 0 Å². The summed E-state index contributed by atoms with van der Waals surface area (Å²) in [5, 5.41) is 0. The minimum absolute atomic E-state index is 0.145. The van der Waals surface area contributed by atoms with Gasteiger partial charge >= 0.3 is 0 Å². The topological polar surface area (TPSA) is 20.3 Å². The van der Waals surface area contributed by atoms with E-state index in [1.54, 1.807) is 6.92 Å². The molecule has 82 valence electrons. The maximum Gasteiger partial charge on any atom is 0.146 e. The zero-order valence-corrected chi connectivity index (χ0v) is 9.57. The molecule has 2 atom stereocenters. The summed E-state index contributed by atoms with van der Waals surface area (Å²) in [6.45, 7) is 1.70. The van der Waals surface area contributed by atoms with Gasteiger partial charge in [0.15, 0.2) is 0 Å². The van der Waals surface area contributed by atoms with Crippen LogP contribution in [0.15, 0.2) is 23.8 Å². The first-order valence-electron chi connectivity index (χ1n) is 5.79. The van der Waals surface area contributed by atoms with Crippen LogP contribution in [0.3, 0.4) is 0 Å². The van der Waals surface area contributed by atoms with E-state index in [1.807, 2.05) is 0 Å². The van der Waals surface area contributed by atoms with E-state index in [0.29, 0.717) is 11.8 Å². The molecule has 0 radical (unpaired) electrons. The summed E-state index contributed by atoms with van der Waals surface area (Å²) in [5.41, 5.74) is 1.41. The predicted octanol–water partition coefficient (Wildman–Crippen LogP) is 2.31. The molecular formula is C13H19NO. The zero-order chi connectivity index (χ0) is 10.8. The van der Waals surface area contributed by atoms with Gasteiger partial charge in [-0.2, -0.15) is 0 Å². The van der Waals surface area contributed by atoms with Crippen LogP contribution in [0.1, 0.15) is 32.6 Å². The molecule has 1 aliphatic carbocycles. The Hall–Kier alpha value is -0.890. The summed E-state index contributed by atoms with van der Waals surface area (Å²) < 4.78 is 0. The monoisotopic (exact) mass is 205 g/mol. The Morgan fingerprint density at radius 2 is 2.20 bits per heavy atom. The summed E-state index contributed by atoms with van der Waals surface area (Å²) in [7, 11) is 2.08. The molecule has 1 saturated heterocycles. The van der Waals surface area contributed by atoms with E-state index in [9.17, 15) is 4.79 Å². The smallest absolute Gasteiger partial charge is 0.146 e. The molecule has 2 rings (SSSR count). The Morgan fingerprint density at radius 1 is 1.40 bits per heavy atom. The highest BCUT2D eigenvalue weighted by atomic mass is 16.1. The molecule has 0 N–H and O–H groups in total. The maximum atomic E-state index is 11.4. The van der Waals surface area contributed by atoms with Crippen molar-refractivity contribution in [1.29, 1.82) is 0 Å². The average Bonchev–Trinajstić information content (AvgIpc) is 2.61. The van der Waals surface area contributed by atoms with Gasteiger partial charge in [-0.3, -0.25) is 9.69 Å². The number of allylic oxidation sites excluding steroid dienone is 2. The quantitative estimate of drug-likeness (QED) is 0.689. The number of nitrogens with zero attached hydrogens (tertiary/aromatic N) is 1. The van der Waals surface area contributed by atoms with E-state index in [0.717, 1.165) is 25.7 Å². The fraction of sp³-hybridized carbons (Fsp3) is 0.615. The summed E-state index contributed by atoms with van der Waals surface area (Å²) >= 11 is 0. The molecule has 1 heterocycles. The molecule has 2 heteroatoms. The van der Waals surface area contributed by atoms with E-state index in [-0.39, 0.29) is 6.04 Å². The highest BCUT2D eigenvalue weighted by Gasteiger charge is 2.34. The highest BCUT2D eigenvalue weighted by molar-refractivity contribution is 5.81. The number of likely N-dealkylation sites (tertiary alicyclic amines) is 1. The fourth-order valence-corrected chi connectivity index (χ4v) is 2.71. The lowest BCUT2D eigenvalue weighted by Crippen LogP contribution is -2.37. The molecule has 1 fully saturated rings. The molecule has 15 heavy (non-hydrogen) atoms. The molecule has 2 nitrogen and oxygen atoms in total. The fourth-order valence-electron chi connectivity index (χ4n) is 2.71. The standard InChI is InChI=1S/C13H19NO/c1-10(15)12-8-9-13(14(12)2)11-6-4-3-5-7-11/h4,6-7,12-13H,3,5,8-9H2,1-2H3. The van der Waals surface area contributed by atoms with Crippen LogP contribution in [-0.4, -0.2) is 29.8 Å². The second kappa shape index (κ2) is 4.31. The van der Waals surface area contributed by atoms with Crippen molar-refractivity contribution < 1.29 is 4.79 Å². The maximum absolute atomic E-state index is 11.4. The van der Waals surface area contributed by atoms with Gasteiger partial charge in [0.1, 0.15) is 5.78 Å². The Morgan fingerprint density at radius 3 is 2.73 bits per heavy atom. The Kier molecular flexibility index (Phi) is 3.06. The summed E-state index contributed by atoms with van der Waals surface area (Å²) in [6, 6.07) is 0.613. The van der Waals surface area contributed by atoms with Crippen molar-refractivity contribution in [1.82, 2.24) is 4.90 Å². The minimum Gasteiger partial charge on any atom is -0.298 e. The van der Waals surface area contributed by atoms with Crippen molar-refractivity contribution in [3.05, 3.63) is 23.8 Å². The number of carbonyl (C=O) groups excluding carboxylic acids is 1. The van der Waals surface area contributed by atoms with E-state index in [4.69, 9.17) is 0 Å². The van der Waals surface area contributed by atoms with Crippen LogP contribution in [0.4, 0.5) is 0 Å². The molecular weight excluding hydrogens is 186 g/mol. The number of ketones is 1. The van der Waals surface area contributed by atoms with Crippen LogP contribution < -0.4 is 0 Å². The summed E-state index contributed by atoms with van der Waals surface area (Å²) in [4.78, 5) is 13.6. The van der Waals surface area contributed by atoms with E-state index in [1.165, 1.54) is 5.57 Å². The lowest BCUT2D eigenvalue weighted by molar-refractivity contribution is -0.121. The molecule has 0 spiro atoms. The second-order valence-corrected chi connectivity index (χ2v) is 4.57. The number of hydrogen-bond donors (Lipinski definition) is 0. The van der Waals surface area contributed by atoms with Gasteiger partial charge in [0.25, 0.3) is 0 Å². The molecule has 0 aromatic rings. The van der Waals surface area contributed by atoms with Gasteiger partial charge in [-0.1, -0.05) is 18.2 Å². The molecule has 0 saturated carbocycles. The normalized spacial score (nSPS) is 31.7. The van der Waals surface area contributed by atoms with Gasteiger partial charge in [0, 0.05) is 6.04 Å². The number of hydrogen-bond acceptors (Lipinski definition) is 2. The predicted molar refractivity (Wildman–Crippen MR) is 61.7 cm³/mol. The Bertz CT molecular complexity index is 316. The number of Topliss-reactive ketones (excluding diaryl/α,β-unsaturated/α-hetero) is 1. The van der Waals surface area contributed by atoms with E-state index >= 15 is 0 Å². The van der Waals surface area contributed by atoms with Gasteiger partial charge < -0.3 is 0 Å². The Balaban J connectivity index is 2.09. The van der Waals surface area contributed by atoms with Crippen molar-refractivity contribution in [3.8, 4) is 0 Å². The lowest BCUT2D eigenvalue weighted by Gasteiger charge is -2.26. The van der Waals surface area contributed by atoms with E-state index < -0.39 is 0 Å². The SMILES string of the molecule is CC(=O)C1CCC(C2=CCCC=C2)N1C. The molecule has 2 unspecified atom stereocenters. The van der Waals surface area contributed by atoms with Crippen molar-refractivity contribution >= 4 is 5.78 Å². The average molecular weight is 205 g/mol. The molecule has 1 aliphatic heterocycles. The summed E-state index contributed by atoms with van der Waals surface area (Å²) in [6.07, 6.45) is 11.2. The van der Waals surface area contributed by atoms with Gasteiger partial charge in [-0.25, -0.2) is 0 Å². The molecule has 2 aliphatic rings. The van der Waals surface area contributed by atoms with Crippen molar-refractivity contribution in [2.24, 2.45) is 0 Å². The third-order valence-electron chi connectivity index (χ3n) is 3.57. The van der Waals surface area contributed by atoms with Crippen molar-refractivity contribution in [2.45, 2.75) is 44.7 Å². The van der Waals surface area contributed by atoms with Crippen LogP contribution >= 0.6 is 0 Å². The molecule has 0 amide bonds. The minimum atomic E-state index is 0.145. The van der Waals surface area contributed by atoms with E-state index in [2.05, 4.69) is 30.2 Å². The number of likely N-dealkylation sites (N-methyl/N-ethyl adjacent to an activating group) is 1. The highest BCUT2D eigenvalue weighted by Crippen LogP contribution is 2.30. The molecule has 0 aromatic heterocycles. The second-order valence-electron chi connectivity index (χ2n) is 4.57. The Labute approximate surface area is 91.6 Å². The van der Waals surface area contributed by atoms with Crippen LogP contribution in [0.2, 0.25) is 0 Å². The number of rotatable bonds is 2. The lowest BCUT2D eigenvalue weighted by atomic mass is 9.99. The summed E-state index contributed by atoms with van der Waals surface area (Å²) in [5.74, 6) is 0.306.